The Morgan fingerprint density at radius 1 is 1.09 bits per heavy atom. The van der Waals surface area contributed by atoms with Crippen LogP contribution >= 0.6 is 0 Å². The van der Waals surface area contributed by atoms with Crippen LogP contribution in [0.25, 0.3) is 0 Å². The molecule has 0 saturated carbocycles. The number of halogens is 1. The van der Waals surface area contributed by atoms with Crippen LogP contribution in [0.5, 0.6) is 11.5 Å². The first-order valence-corrected chi connectivity index (χ1v) is 11.8. The second kappa shape index (κ2) is 11.2. The molecule has 0 atom stereocenters. The van der Waals surface area contributed by atoms with Crippen molar-refractivity contribution in [2.24, 2.45) is 0 Å². The van der Waals surface area contributed by atoms with E-state index in [1.807, 2.05) is 0 Å². The number of esters is 1. The number of nitrogens with zero attached hydrogens (tertiary/aromatic N) is 1. The third-order valence-electron chi connectivity index (χ3n) is 4.74. The molecule has 1 heterocycles. The van der Waals surface area contributed by atoms with Crippen molar-refractivity contribution in [3.8, 4) is 11.5 Å². The molecular formula is C22H25FN2O7S. The number of morpholine rings is 1. The molecule has 0 radical (unpaired) electrons. The molecule has 0 bridgehead atoms. The fourth-order valence-corrected chi connectivity index (χ4v) is 4.52. The molecular weight excluding hydrogens is 455 g/mol. The SMILES string of the molecule is CCOC(=O)CCC(=O)Nc1cc(S(=O)(=O)N2CCOCC2)ccc1Oc1ccc(F)cc1. The van der Waals surface area contributed by atoms with Crippen molar-refractivity contribution in [2.45, 2.75) is 24.7 Å². The lowest BCUT2D eigenvalue weighted by Gasteiger charge is -2.26. The van der Waals surface area contributed by atoms with Gasteiger partial charge in [0.05, 0.1) is 36.8 Å². The molecule has 0 unspecified atom stereocenters. The quantitative estimate of drug-likeness (QED) is 0.550. The minimum atomic E-state index is -3.83. The molecule has 1 saturated heterocycles. The van der Waals surface area contributed by atoms with Gasteiger partial charge in [0.2, 0.25) is 15.9 Å². The molecule has 0 aromatic heterocycles. The van der Waals surface area contributed by atoms with Crippen LogP contribution in [0.3, 0.4) is 0 Å². The van der Waals surface area contributed by atoms with E-state index in [1.165, 1.54) is 46.8 Å². The Morgan fingerprint density at radius 2 is 1.79 bits per heavy atom. The van der Waals surface area contributed by atoms with E-state index < -0.39 is 27.7 Å². The van der Waals surface area contributed by atoms with Gasteiger partial charge in [-0.2, -0.15) is 4.31 Å². The van der Waals surface area contributed by atoms with Crippen molar-refractivity contribution < 1.29 is 36.6 Å². The van der Waals surface area contributed by atoms with Crippen molar-refractivity contribution in [3.63, 3.8) is 0 Å². The lowest BCUT2D eigenvalue weighted by atomic mass is 10.2. The molecule has 2 aromatic carbocycles. The predicted octanol–water partition coefficient (Wildman–Crippen LogP) is 2.92. The number of hydrogen-bond acceptors (Lipinski definition) is 7. The fourth-order valence-electron chi connectivity index (χ4n) is 3.08. The summed E-state index contributed by atoms with van der Waals surface area (Å²) in [5.74, 6) is -1.02. The van der Waals surface area contributed by atoms with Crippen LogP contribution in [0, 0.1) is 5.82 Å². The molecule has 0 spiro atoms. The van der Waals surface area contributed by atoms with Crippen LogP contribution in [-0.2, 0) is 29.1 Å². The van der Waals surface area contributed by atoms with Crippen molar-refractivity contribution in [1.29, 1.82) is 0 Å². The van der Waals surface area contributed by atoms with Gasteiger partial charge in [0.15, 0.2) is 5.75 Å². The monoisotopic (exact) mass is 480 g/mol. The van der Waals surface area contributed by atoms with E-state index in [0.717, 1.165) is 0 Å². The topological polar surface area (TPSA) is 111 Å². The first kappa shape index (κ1) is 24.6. The summed E-state index contributed by atoms with van der Waals surface area (Å²) in [5.41, 5.74) is 0.0996. The van der Waals surface area contributed by atoms with E-state index in [2.05, 4.69) is 5.32 Å². The van der Waals surface area contributed by atoms with Gasteiger partial charge in [0.1, 0.15) is 11.6 Å². The van der Waals surface area contributed by atoms with Gasteiger partial charge in [0.25, 0.3) is 0 Å². The second-order valence-corrected chi connectivity index (χ2v) is 9.02. The first-order valence-electron chi connectivity index (χ1n) is 10.4. The number of hydrogen-bond donors (Lipinski definition) is 1. The van der Waals surface area contributed by atoms with Crippen LogP contribution in [0.15, 0.2) is 47.4 Å². The number of amides is 1. The van der Waals surface area contributed by atoms with Gasteiger partial charge in [-0.05, 0) is 49.4 Å². The van der Waals surface area contributed by atoms with E-state index in [-0.39, 0.29) is 48.9 Å². The highest BCUT2D eigenvalue weighted by Gasteiger charge is 2.27. The van der Waals surface area contributed by atoms with Crippen molar-refractivity contribution in [1.82, 2.24) is 4.31 Å². The number of rotatable bonds is 9. The number of carbonyl (C=O) groups excluding carboxylic acids is 2. The molecule has 178 valence electrons. The molecule has 9 nitrogen and oxygen atoms in total. The van der Waals surface area contributed by atoms with E-state index in [0.29, 0.717) is 19.0 Å². The summed E-state index contributed by atoms with van der Waals surface area (Å²) in [7, 11) is -3.83. The summed E-state index contributed by atoms with van der Waals surface area (Å²) < 4.78 is 56.4. The maximum Gasteiger partial charge on any atom is 0.306 e. The molecule has 33 heavy (non-hydrogen) atoms. The summed E-state index contributed by atoms with van der Waals surface area (Å²) >= 11 is 0. The van der Waals surface area contributed by atoms with Crippen LogP contribution in [-0.4, -0.2) is 57.5 Å². The van der Waals surface area contributed by atoms with Crippen molar-refractivity contribution in [2.75, 3.05) is 38.2 Å². The van der Waals surface area contributed by atoms with Gasteiger partial charge in [-0.3, -0.25) is 9.59 Å². The van der Waals surface area contributed by atoms with Crippen LogP contribution in [0.1, 0.15) is 19.8 Å². The van der Waals surface area contributed by atoms with E-state index in [1.54, 1.807) is 6.92 Å². The third kappa shape index (κ3) is 6.73. The highest BCUT2D eigenvalue weighted by Crippen LogP contribution is 2.33. The van der Waals surface area contributed by atoms with E-state index in [4.69, 9.17) is 14.2 Å². The van der Waals surface area contributed by atoms with Crippen molar-refractivity contribution in [3.05, 3.63) is 48.3 Å². The number of nitrogens with one attached hydrogen (secondary N) is 1. The van der Waals surface area contributed by atoms with Gasteiger partial charge >= 0.3 is 5.97 Å². The van der Waals surface area contributed by atoms with Gasteiger partial charge < -0.3 is 19.5 Å². The van der Waals surface area contributed by atoms with Gasteiger partial charge in [-0.15, -0.1) is 0 Å². The summed E-state index contributed by atoms with van der Waals surface area (Å²) in [6.07, 6.45) is -0.283. The normalized spacial score (nSPS) is 14.5. The standard InChI is InChI=1S/C22H25FN2O7S/c1-2-31-22(27)10-9-21(26)24-19-15-18(33(28,29)25-11-13-30-14-12-25)7-8-20(19)32-17-5-3-16(23)4-6-17/h3-8,15H,2,9-14H2,1H3,(H,24,26). The lowest BCUT2D eigenvalue weighted by molar-refractivity contribution is -0.144. The number of sulfonamides is 1. The average molecular weight is 481 g/mol. The van der Waals surface area contributed by atoms with Gasteiger partial charge in [-0.25, -0.2) is 12.8 Å². The maximum atomic E-state index is 13.2. The molecule has 1 fully saturated rings. The van der Waals surface area contributed by atoms with Crippen molar-refractivity contribution >= 4 is 27.6 Å². The van der Waals surface area contributed by atoms with Crippen LogP contribution in [0.2, 0.25) is 0 Å². The average Bonchev–Trinajstić information content (AvgIpc) is 2.81. The minimum Gasteiger partial charge on any atom is -0.466 e. The van der Waals surface area contributed by atoms with E-state index >= 15 is 0 Å². The molecule has 11 heteroatoms. The smallest absolute Gasteiger partial charge is 0.306 e. The zero-order valence-corrected chi connectivity index (χ0v) is 18.9. The highest BCUT2D eigenvalue weighted by atomic mass is 32.2. The first-order chi connectivity index (χ1) is 15.8. The predicted molar refractivity (Wildman–Crippen MR) is 117 cm³/mol. The molecule has 1 aliphatic rings. The summed E-state index contributed by atoms with van der Waals surface area (Å²) in [6, 6.07) is 9.32. The highest BCUT2D eigenvalue weighted by molar-refractivity contribution is 7.89. The Kier molecular flexibility index (Phi) is 8.37. The molecule has 0 aliphatic carbocycles. The number of anilines is 1. The maximum absolute atomic E-state index is 13.2. The number of ether oxygens (including phenoxy) is 3. The Balaban J connectivity index is 1.86. The molecule has 1 amide bonds. The largest absolute Gasteiger partial charge is 0.466 e. The Morgan fingerprint density at radius 3 is 2.45 bits per heavy atom. The fraction of sp³-hybridized carbons (Fsp3) is 0.364. The molecule has 3 rings (SSSR count). The second-order valence-electron chi connectivity index (χ2n) is 7.08. The molecule has 1 aliphatic heterocycles. The van der Waals surface area contributed by atoms with Gasteiger partial charge in [0, 0.05) is 19.5 Å². The number of benzene rings is 2. The Bertz CT molecular complexity index is 1080. The molecule has 1 N–H and O–H groups in total. The van der Waals surface area contributed by atoms with Crippen LogP contribution < -0.4 is 10.1 Å². The molecule has 2 aromatic rings. The number of carbonyl (C=O) groups is 2. The Labute approximate surface area is 191 Å². The lowest BCUT2D eigenvalue weighted by Crippen LogP contribution is -2.40. The summed E-state index contributed by atoms with van der Waals surface area (Å²) in [5, 5.41) is 2.60. The zero-order valence-electron chi connectivity index (χ0n) is 18.1. The summed E-state index contributed by atoms with van der Waals surface area (Å²) in [6.45, 7) is 2.90. The minimum absolute atomic E-state index is 0.0310. The Hall–Kier alpha value is -3.02. The summed E-state index contributed by atoms with van der Waals surface area (Å²) in [4.78, 5) is 23.9. The third-order valence-corrected chi connectivity index (χ3v) is 6.63. The zero-order chi connectivity index (χ0) is 23.8. The van der Waals surface area contributed by atoms with E-state index in [9.17, 15) is 22.4 Å². The van der Waals surface area contributed by atoms with Gasteiger partial charge in [-0.1, -0.05) is 0 Å². The van der Waals surface area contributed by atoms with Crippen LogP contribution in [0.4, 0.5) is 10.1 Å².